The molecular weight excluding hydrogens is 184 g/mol. The van der Waals surface area contributed by atoms with Crippen LogP contribution in [-0.2, 0) is 19.1 Å². The third kappa shape index (κ3) is 0.885. The number of hydrogen-bond acceptors (Lipinski definition) is 4. The molecule has 0 aromatic heterocycles. The van der Waals surface area contributed by atoms with Crippen LogP contribution in [-0.4, -0.2) is 24.1 Å². The molecule has 2 aliphatic carbocycles. The first-order valence-electron chi connectivity index (χ1n) is 5.04. The lowest BCUT2D eigenvalue weighted by molar-refractivity contribution is -0.195. The van der Waals surface area contributed by atoms with E-state index >= 15 is 0 Å². The predicted octanol–water partition coefficient (Wildman–Crippen LogP) is 0.499. The summed E-state index contributed by atoms with van der Waals surface area (Å²) in [4.78, 5) is 22.2. The van der Waals surface area contributed by atoms with Gasteiger partial charge < -0.3 is 9.47 Å². The molecule has 4 bridgehead atoms. The van der Waals surface area contributed by atoms with Crippen molar-refractivity contribution in [2.24, 2.45) is 17.8 Å². The average Bonchev–Trinajstić information content (AvgIpc) is 2.60. The zero-order valence-corrected chi connectivity index (χ0v) is 7.93. The molecule has 0 aromatic carbocycles. The average molecular weight is 196 g/mol. The number of ether oxygens (including phenoxy) is 2. The van der Waals surface area contributed by atoms with Crippen molar-refractivity contribution in [1.29, 1.82) is 0 Å². The number of esters is 2. The zero-order valence-electron chi connectivity index (χ0n) is 7.93. The van der Waals surface area contributed by atoms with Crippen molar-refractivity contribution in [3.05, 3.63) is 0 Å². The molecule has 14 heavy (non-hydrogen) atoms. The van der Waals surface area contributed by atoms with Crippen LogP contribution in [0.3, 0.4) is 0 Å². The Morgan fingerprint density at radius 2 is 2.29 bits per heavy atom. The SMILES string of the molecule is CC(=O)OC1C2CC3CC2C(=O)OC31. The molecule has 4 fully saturated rings. The van der Waals surface area contributed by atoms with Gasteiger partial charge >= 0.3 is 11.9 Å². The quantitative estimate of drug-likeness (QED) is 0.573. The molecule has 5 unspecified atom stereocenters. The van der Waals surface area contributed by atoms with Gasteiger partial charge in [-0.15, -0.1) is 0 Å². The highest BCUT2D eigenvalue weighted by molar-refractivity contribution is 5.76. The first-order valence-corrected chi connectivity index (χ1v) is 5.04. The molecule has 2 aliphatic heterocycles. The minimum Gasteiger partial charge on any atom is -0.458 e. The smallest absolute Gasteiger partial charge is 0.309 e. The number of fused-ring (bicyclic) bond motifs is 1. The van der Waals surface area contributed by atoms with Gasteiger partial charge in [-0.25, -0.2) is 0 Å². The Labute approximate surface area is 81.6 Å². The summed E-state index contributed by atoms with van der Waals surface area (Å²) in [5, 5.41) is 0. The first kappa shape index (κ1) is 8.26. The lowest BCUT2D eigenvalue weighted by Gasteiger charge is -2.39. The van der Waals surface area contributed by atoms with E-state index in [0.717, 1.165) is 12.8 Å². The second-order valence-electron chi connectivity index (χ2n) is 4.48. The van der Waals surface area contributed by atoms with E-state index in [1.54, 1.807) is 0 Å². The number of hydrogen-bond donors (Lipinski definition) is 0. The predicted molar refractivity (Wildman–Crippen MR) is 45.1 cm³/mol. The lowest BCUT2D eigenvalue weighted by atomic mass is 9.82. The van der Waals surface area contributed by atoms with Crippen LogP contribution in [0.2, 0.25) is 0 Å². The highest BCUT2D eigenvalue weighted by Crippen LogP contribution is 2.55. The van der Waals surface area contributed by atoms with Gasteiger partial charge in [-0.05, 0) is 12.8 Å². The van der Waals surface area contributed by atoms with Crippen molar-refractivity contribution in [2.45, 2.75) is 32.0 Å². The first-order chi connectivity index (χ1) is 6.66. The summed E-state index contributed by atoms with van der Waals surface area (Å²) in [5.41, 5.74) is 0. The van der Waals surface area contributed by atoms with E-state index in [1.807, 2.05) is 0 Å². The highest BCUT2D eigenvalue weighted by Gasteiger charge is 2.62. The van der Waals surface area contributed by atoms with E-state index in [9.17, 15) is 9.59 Å². The molecule has 0 amide bonds. The second-order valence-corrected chi connectivity index (χ2v) is 4.48. The Kier molecular flexibility index (Phi) is 1.47. The number of carbonyl (C=O) groups is 2. The Balaban J connectivity index is 1.86. The van der Waals surface area contributed by atoms with Crippen molar-refractivity contribution in [3.63, 3.8) is 0 Å². The summed E-state index contributed by atoms with van der Waals surface area (Å²) in [5.74, 6) is 0.304. The molecule has 0 spiro atoms. The molecule has 4 heteroatoms. The number of carbonyl (C=O) groups excluding carboxylic acids is 2. The molecule has 2 saturated carbocycles. The van der Waals surface area contributed by atoms with E-state index < -0.39 is 0 Å². The molecule has 76 valence electrons. The van der Waals surface area contributed by atoms with Gasteiger partial charge in [0.15, 0.2) is 0 Å². The summed E-state index contributed by atoms with van der Waals surface area (Å²) < 4.78 is 10.4. The maximum atomic E-state index is 11.4. The van der Waals surface area contributed by atoms with E-state index in [1.165, 1.54) is 6.92 Å². The third-order valence-electron chi connectivity index (χ3n) is 3.72. The largest absolute Gasteiger partial charge is 0.458 e. The maximum absolute atomic E-state index is 11.4. The molecule has 0 N–H and O–H groups in total. The van der Waals surface area contributed by atoms with Crippen molar-refractivity contribution in [3.8, 4) is 0 Å². The zero-order chi connectivity index (χ0) is 9.87. The molecular formula is C10H12O4. The van der Waals surface area contributed by atoms with Crippen LogP contribution >= 0.6 is 0 Å². The molecule has 0 aromatic rings. The summed E-state index contributed by atoms with van der Waals surface area (Å²) in [6, 6.07) is 0. The Bertz CT molecular complexity index is 309. The van der Waals surface area contributed by atoms with Gasteiger partial charge in [0.1, 0.15) is 12.2 Å². The van der Waals surface area contributed by atoms with E-state index in [2.05, 4.69) is 0 Å². The Hall–Kier alpha value is -1.06. The van der Waals surface area contributed by atoms with Crippen molar-refractivity contribution < 1.29 is 19.1 Å². The molecule has 4 rings (SSSR count). The Morgan fingerprint density at radius 1 is 1.50 bits per heavy atom. The van der Waals surface area contributed by atoms with E-state index in [-0.39, 0.29) is 36.0 Å². The van der Waals surface area contributed by atoms with Crippen LogP contribution in [0.4, 0.5) is 0 Å². The normalized spacial score (nSPS) is 48.1. The standard InChI is InChI=1S/C10H12O4/c1-4(11)13-9-6-2-5-3-7(6)10(12)14-8(5)9/h5-9H,2-3H2,1H3. The fraction of sp³-hybridized carbons (Fsp3) is 0.800. The van der Waals surface area contributed by atoms with Gasteiger partial charge in [0.25, 0.3) is 0 Å². The molecule has 5 atom stereocenters. The van der Waals surface area contributed by atoms with Gasteiger partial charge in [0.05, 0.1) is 5.92 Å². The van der Waals surface area contributed by atoms with Crippen LogP contribution in [0.1, 0.15) is 19.8 Å². The van der Waals surface area contributed by atoms with Crippen LogP contribution < -0.4 is 0 Å². The fourth-order valence-electron chi connectivity index (χ4n) is 3.26. The van der Waals surface area contributed by atoms with Crippen molar-refractivity contribution in [1.82, 2.24) is 0 Å². The summed E-state index contributed by atoms with van der Waals surface area (Å²) in [7, 11) is 0. The molecule has 0 radical (unpaired) electrons. The second kappa shape index (κ2) is 2.49. The third-order valence-corrected chi connectivity index (χ3v) is 3.72. The molecule has 2 saturated heterocycles. The summed E-state index contributed by atoms with van der Waals surface area (Å²) >= 11 is 0. The van der Waals surface area contributed by atoms with Gasteiger partial charge in [-0.1, -0.05) is 0 Å². The minimum absolute atomic E-state index is 0.00523. The monoisotopic (exact) mass is 196 g/mol. The molecule has 2 heterocycles. The van der Waals surface area contributed by atoms with Crippen LogP contribution in [0, 0.1) is 17.8 Å². The Morgan fingerprint density at radius 3 is 2.93 bits per heavy atom. The lowest BCUT2D eigenvalue weighted by Crippen LogP contribution is -2.50. The van der Waals surface area contributed by atoms with Crippen molar-refractivity contribution >= 4 is 11.9 Å². The number of rotatable bonds is 1. The summed E-state index contributed by atoms with van der Waals surface area (Å²) in [6.45, 7) is 1.40. The van der Waals surface area contributed by atoms with Gasteiger partial charge in [0, 0.05) is 18.8 Å². The highest BCUT2D eigenvalue weighted by atomic mass is 16.6. The van der Waals surface area contributed by atoms with Gasteiger partial charge in [-0.2, -0.15) is 0 Å². The maximum Gasteiger partial charge on any atom is 0.309 e. The van der Waals surface area contributed by atoms with E-state index in [0.29, 0.717) is 5.92 Å². The van der Waals surface area contributed by atoms with Crippen molar-refractivity contribution in [2.75, 3.05) is 0 Å². The van der Waals surface area contributed by atoms with Crippen LogP contribution in [0.5, 0.6) is 0 Å². The van der Waals surface area contributed by atoms with Crippen LogP contribution in [0.15, 0.2) is 0 Å². The van der Waals surface area contributed by atoms with E-state index in [4.69, 9.17) is 9.47 Å². The van der Waals surface area contributed by atoms with Gasteiger partial charge in [0.2, 0.25) is 0 Å². The molecule has 4 nitrogen and oxygen atoms in total. The summed E-state index contributed by atoms with van der Waals surface area (Å²) in [6.07, 6.45) is 1.61. The molecule has 4 aliphatic rings. The fourth-order valence-corrected chi connectivity index (χ4v) is 3.26. The minimum atomic E-state index is -0.274. The van der Waals surface area contributed by atoms with Crippen LogP contribution in [0.25, 0.3) is 0 Å². The van der Waals surface area contributed by atoms with Gasteiger partial charge in [-0.3, -0.25) is 9.59 Å². The topological polar surface area (TPSA) is 52.6 Å².